The summed E-state index contributed by atoms with van der Waals surface area (Å²) in [4.78, 5) is 27.5. The molecule has 2 aromatic heterocycles. The van der Waals surface area contributed by atoms with Crippen LogP contribution in [0.4, 0.5) is 0 Å². The highest BCUT2D eigenvalue weighted by Crippen LogP contribution is 2.37. The summed E-state index contributed by atoms with van der Waals surface area (Å²) < 4.78 is 4.94. The molecule has 23 heavy (non-hydrogen) atoms. The first-order valence-corrected chi connectivity index (χ1v) is 7.67. The van der Waals surface area contributed by atoms with Crippen LogP contribution in [0.15, 0.2) is 39.8 Å². The quantitative estimate of drug-likeness (QED) is 0.734. The van der Waals surface area contributed by atoms with E-state index in [4.69, 9.17) is 4.52 Å². The van der Waals surface area contributed by atoms with Gasteiger partial charge in [-0.2, -0.15) is 5.16 Å². The molecule has 3 N–H and O–H groups in total. The first-order chi connectivity index (χ1) is 11.1. The second kappa shape index (κ2) is 6.78. The van der Waals surface area contributed by atoms with Crippen LogP contribution in [0.3, 0.4) is 0 Å². The fourth-order valence-electron chi connectivity index (χ4n) is 2.82. The lowest BCUT2D eigenvalue weighted by molar-refractivity contribution is -0.123. The van der Waals surface area contributed by atoms with Gasteiger partial charge < -0.3 is 14.9 Å². The zero-order valence-corrected chi connectivity index (χ0v) is 12.6. The first-order valence-electron chi connectivity index (χ1n) is 7.67. The molecule has 2 heterocycles. The largest absolute Gasteiger partial charge is 0.393 e. The van der Waals surface area contributed by atoms with Gasteiger partial charge in [0.2, 0.25) is 5.91 Å². The van der Waals surface area contributed by atoms with E-state index in [0.29, 0.717) is 25.0 Å². The number of nitrogens with one attached hydrogen (secondary N) is 2. The molecule has 1 aliphatic rings. The number of H-pyrrole nitrogens is 1. The molecule has 0 unspecified atom stereocenters. The van der Waals surface area contributed by atoms with Crippen molar-refractivity contribution < 1.29 is 14.4 Å². The predicted molar refractivity (Wildman–Crippen MR) is 81.5 cm³/mol. The third kappa shape index (κ3) is 3.87. The number of aromatic nitrogens is 2. The van der Waals surface area contributed by atoms with Gasteiger partial charge in [-0.3, -0.25) is 14.6 Å². The molecule has 1 fully saturated rings. The Morgan fingerprint density at radius 2 is 2.30 bits per heavy atom. The molecule has 3 rings (SSSR count). The van der Waals surface area contributed by atoms with Gasteiger partial charge in [0.05, 0.1) is 17.8 Å². The molecule has 0 radical (unpaired) electrons. The van der Waals surface area contributed by atoms with Gasteiger partial charge in [0, 0.05) is 25.1 Å². The summed E-state index contributed by atoms with van der Waals surface area (Å²) >= 11 is 0. The maximum absolute atomic E-state index is 12.2. The van der Waals surface area contributed by atoms with E-state index >= 15 is 0 Å². The normalized spacial score (nSPS) is 21.4. The number of carbonyl (C=O) groups is 1. The van der Waals surface area contributed by atoms with Crippen molar-refractivity contribution in [2.24, 2.45) is 5.92 Å². The molecule has 1 saturated carbocycles. The fourth-order valence-corrected chi connectivity index (χ4v) is 2.82. The standard InChI is InChI=1S/C16H19N3O4/c20-11-7-10(8-11)16(13-3-1-2-6-17-13)18-14(21)5-4-12-9-15(22)19-23-12/h1-3,6,9-11,16,20H,4-5,7-8H2,(H,18,21)(H,19,22)/t10?,11?,16-/m0/s1. The molecular formula is C16H19N3O4. The van der Waals surface area contributed by atoms with Gasteiger partial charge >= 0.3 is 0 Å². The van der Waals surface area contributed by atoms with Gasteiger partial charge in [-0.1, -0.05) is 6.07 Å². The van der Waals surface area contributed by atoms with Crippen LogP contribution < -0.4 is 10.9 Å². The second-order valence-electron chi connectivity index (χ2n) is 5.86. The van der Waals surface area contributed by atoms with Crippen LogP contribution in [0, 0.1) is 5.92 Å². The minimum atomic E-state index is -0.310. The minimum absolute atomic E-state index is 0.133. The van der Waals surface area contributed by atoms with Gasteiger partial charge in [-0.05, 0) is 30.9 Å². The first kappa shape index (κ1) is 15.5. The van der Waals surface area contributed by atoms with E-state index in [1.54, 1.807) is 6.20 Å². The van der Waals surface area contributed by atoms with Crippen molar-refractivity contribution in [1.29, 1.82) is 0 Å². The summed E-state index contributed by atoms with van der Waals surface area (Å²) in [6.45, 7) is 0. The smallest absolute Gasteiger partial charge is 0.280 e. The van der Waals surface area contributed by atoms with Crippen LogP contribution in [0.1, 0.15) is 36.8 Å². The molecule has 122 valence electrons. The number of hydrogen-bond donors (Lipinski definition) is 3. The Bertz CT molecular complexity index is 703. The molecule has 0 bridgehead atoms. The van der Waals surface area contributed by atoms with Crippen molar-refractivity contribution >= 4 is 5.91 Å². The number of pyridine rings is 1. The summed E-state index contributed by atoms with van der Waals surface area (Å²) in [5, 5.41) is 14.7. The Labute approximate surface area is 132 Å². The average Bonchev–Trinajstić information content (AvgIpc) is 2.94. The van der Waals surface area contributed by atoms with Crippen LogP contribution >= 0.6 is 0 Å². The number of rotatable bonds is 6. The maximum atomic E-state index is 12.2. The number of aliphatic hydroxyl groups is 1. The molecule has 1 amide bonds. The van der Waals surface area contributed by atoms with Gasteiger partial charge in [0.25, 0.3) is 5.56 Å². The Balaban J connectivity index is 1.61. The highest BCUT2D eigenvalue weighted by Gasteiger charge is 2.36. The van der Waals surface area contributed by atoms with Crippen molar-refractivity contribution in [3.05, 3.63) is 52.3 Å². The molecule has 7 nitrogen and oxygen atoms in total. The number of nitrogens with zero attached hydrogens (tertiary/aromatic N) is 1. The molecule has 0 spiro atoms. The number of hydrogen-bond acceptors (Lipinski definition) is 5. The lowest BCUT2D eigenvalue weighted by Gasteiger charge is -2.37. The van der Waals surface area contributed by atoms with E-state index in [2.05, 4.69) is 15.5 Å². The van der Waals surface area contributed by atoms with Gasteiger partial charge in [0.15, 0.2) is 0 Å². The monoisotopic (exact) mass is 317 g/mol. The van der Waals surface area contributed by atoms with Gasteiger partial charge in [-0.25, -0.2) is 0 Å². The van der Waals surface area contributed by atoms with E-state index < -0.39 is 0 Å². The lowest BCUT2D eigenvalue weighted by Crippen LogP contribution is -2.41. The third-order valence-electron chi connectivity index (χ3n) is 4.12. The molecule has 7 heteroatoms. The maximum Gasteiger partial charge on any atom is 0.280 e. The SMILES string of the molecule is O=C(CCc1cc(=O)[nH]o1)N[C@H](c1ccccn1)C1CC(O)C1. The predicted octanol–water partition coefficient (Wildman–Crippen LogP) is 0.924. The Kier molecular flexibility index (Phi) is 4.57. The molecule has 0 aliphatic heterocycles. The Morgan fingerprint density at radius 1 is 1.48 bits per heavy atom. The number of aromatic amines is 1. The second-order valence-corrected chi connectivity index (χ2v) is 5.86. The van der Waals surface area contributed by atoms with Crippen molar-refractivity contribution in [3.8, 4) is 0 Å². The van der Waals surface area contributed by atoms with Crippen molar-refractivity contribution in [3.63, 3.8) is 0 Å². The zero-order valence-electron chi connectivity index (χ0n) is 12.6. The van der Waals surface area contributed by atoms with Crippen LogP contribution in [0.5, 0.6) is 0 Å². The van der Waals surface area contributed by atoms with Crippen LogP contribution in [-0.2, 0) is 11.2 Å². The lowest BCUT2D eigenvalue weighted by atomic mass is 9.76. The Hall–Kier alpha value is -2.41. The molecule has 0 aromatic carbocycles. The Morgan fingerprint density at radius 3 is 2.91 bits per heavy atom. The summed E-state index contributed by atoms with van der Waals surface area (Å²) in [7, 11) is 0. The van der Waals surface area contributed by atoms with E-state index in [0.717, 1.165) is 5.69 Å². The minimum Gasteiger partial charge on any atom is -0.393 e. The van der Waals surface area contributed by atoms with Gasteiger partial charge in [0.1, 0.15) is 5.76 Å². The van der Waals surface area contributed by atoms with Crippen molar-refractivity contribution in [2.45, 2.75) is 37.8 Å². The van der Waals surface area contributed by atoms with E-state index in [9.17, 15) is 14.7 Å². The van der Waals surface area contributed by atoms with Gasteiger partial charge in [-0.15, -0.1) is 0 Å². The third-order valence-corrected chi connectivity index (χ3v) is 4.12. The summed E-state index contributed by atoms with van der Waals surface area (Å²) in [6.07, 6.45) is 3.30. The summed E-state index contributed by atoms with van der Waals surface area (Å²) in [6, 6.07) is 6.72. The summed E-state index contributed by atoms with van der Waals surface area (Å²) in [5.41, 5.74) is 0.487. The van der Waals surface area contributed by atoms with Crippen LogP contribution in [-0.4, -0.2) is 27.3 Å². The number of aliphatic hydroxyl groups excluding tert-OH is 1. The fraction of sp³-hybridized carbons (Fsp3) is 0.438. The molecule has 1 aliphatic carbocycles. The zero-order chi connectivity index (χ0) is 16.2. The van der Waals surface area contributed by atoms with Crippen LogP contribution in [0.25, 0.3) is 0 Å². The van der Waals surface area contributed by atoms with Crippen LogP contribution in [0.2, 0.25) is 0 Å². The molecular weight excluding hydrogens is 298 g/mol. The highest BCUT2D eigenvalue weighted by molar-refractivity contribution is 5.76. The average molecular weight is 317 g/mol. The number of carbonyl (C=O) groups excluding carboxylic acids is 1. The molecule has 1 atom stereocenters. The van der Waals surface area contributed by atoms with Crippen molar-refractivity contribution in [1.82, 2.24) is 15.5 Å². The van der Waals surface area contributed by atoms with E-state index in [-0.39, 0.29) is 36.0 Å². The highest BCUT2D eigenvalue weighted by atomic mass is 16.5. The topological polar surface area (TPSA) is 108 Å². The molecule has 2 aromatic rings. The van der Waals surface area contributed by atoms with Crippen molar-refractivity contribution in [2.75, 3.05) is 0 Å². The number of aryl methyl sites for hydroxylation is 1. The van der Waals surface area contributed by atoms with E-state index in [1.165, 1.54) is 6.07 Å². The molecule has 0 saturated heterocycles. The summed E-state index contributed by atoms with van der Waals surface area (Å²) in [5.74, 6) is 0.513. The van der Waals surface area contributed by atoms with E-state index in [1.807, 2.05) is 18.2 Å². The number of amides is 1.